The van der Waals surface area contributed by atoms with Gasteiger partial charge in [-0.05, 0) is 126 Å². The van der Waals surface area contributed by atoms with E-state index in [1.165, 1.54) is 24.3 Å². The van der Waals surface area contributed by atoms with Crippen molar-refractivity contribution in [1.82, 2.24) is 5.32 Å². The van der Waals surface area contributed by atoms with Crippen molar-refractivity contribution < 1.29 is 81.0 Å². The van der Waals surface area contributed by atoms with Crippen LogP contribution in [0.3, 0.4) is 0 Å². The van der Waals surface area contributed by atoms with Crippen LogP contribution in [0.2, 0.25) is 0 Å². The molecule has 5 aliphatic heterocycles. The van der Waals surface area contributed by atoms with Crippen molar-refractivity contribution in [3.05, 3.63) is 140 Å². The molecule has 406 valence electrons. The predicted molar refractivity (Wildman–Crippen MR) is 280 cm³/mol. The van der Waals surface area contributed by atoms with E-state index in [1.807, 2.05) is 26.0 Å². The summed E-state index contributed by atoms with van der Waals surface area (Å²) < 4.78 is 43.1. The highest BCUT2D eigenvalue weighted by molar-refractivity contribution is 8.27. The van der Waals surface area contributed by atoms with Crippen molar-refractivity contribution in [2.45, 2.75) is 84.6 Å². The Hall–Kier alpha value is -5.53. The minimum atomic E-state index is -1.67. The Balaban J connectivity index is 0.000000244. The first-order chi connectivity index (χ1) is 34.9. The van der Waals surface area contributed by atoms with Gasteiger partial charge >= 0.3 is 29.8 Å². The molecule has 0 fully saturated rings. The topological polar surface area (TPSA) is 311 Å². The van der Waals surface area contributed by atoms with Crippen LogP contribution >= 0.6 is 54.3 Å². The van der Waals surface area contributed by atoms with Gasteiger partial charge in [0.1, 0.15) is 33.0 Å². The van der Waals surface area contributed by atoms with Gasteiger partial charge in [0.15, 0.2) is 0 Å². The molecule has 5 aliphatic rings. The summed E-state index contributed by atoms with van der Waals surface area (Å²) in [5, 5.41) is 28.2. The van der Waals surface area contributed by atoms with Crippen molar-refractivity contribution >= 4 is 120 Å². The first-order valence-electron chi connectivity index (χ1n) is 21.6. The first-order valence-corrected chi connectivity index (χ1v) is 27.5. The van der Waals surface area contributed by atoms with Crippen LogP contribution in [0.1, 0.15) is 142 Å². The molecule has 0 atom stereocenters. The number of ether oxygens (including phenoxy) is 5. The van der Waals surface area contributed by atoms with Gasteiger partial charge in [-0.1, -0.05) is 0 Å². The summed E-state index contributed by atoms with van der Waals surface area (Å²) in [6, 6.07) is 19.3. The second kappa shape index (κ2) is 28.6. The van der Waals surface area contributed by atoms with Gasteiger partial charge in [0.2, 0.25) is 24.4 Å². The second-order valence-electron chi connectivity index (χ2n) is 17.9. The Bertz CT molecular complexity index is 2800. The summed E-state index contributed by atoms with van der Waals surface area (Å²) >= 11 is 5.28. The molecule has 6 N–H and O–H groups in total. The van der Waals surface area contributed by atoms with Crippen LogP contribution < -0.4 is 11.1 Å². The van der Waals surface area contributed by atoms with Crippen molar-refractivity contribution in [3.8, 4) is 0 Å². The third-order valence-corrected chi connectivity index (χ3v) is 10.2. The number of fused-ring (bicyclic) bond motifs is 4. The van der Waals surface area contributed by atoms with E-state index in [0.29, 0.717) is 58.1 Å². The number of cyclic esters (lactones) is 4. The van der Waals surface area contributed by atoms with E-state index in [2.05, 4.69) is 53.0 Å². The van der Waals surface area contributed by atoms with Gasteiger partial charge in [-0.15, -0.1) is 0 Å². The number of nitrogens with zero attached hydrogens (tertiary/aromatic N) is 1. The summed E-state index contributed by atoms with van der Waals surface area (Å²) in [5.74, 6) is -1.96. The lowest BCUT2D eigenvalue weighted by atomic mass is 10.0. The van der Waals surface area contributed by atoms with Crippen molar-refractivity contribution in [3.63, 3.8) is 0 Å². The lowest BCUT2D eigenvalue weighted by Crippen LogP contribution is -2.46. The molecule has 0 radical (unpaired) electrons. The average molecular weight is 1180 g/mol. The summed E-state index contributed by atoms with van der Waals surface area (Å²) in [6.07, 6.45) is 0. The number of hydrogen-bond donors (Lipinski definition) is 5. The highest BCUT2D eigenvalue weighted by atomic mass is 36.0. The molecular weight excluding hydrogens is 1130 g/mol. The van der Waals surface area contributed by atoms with E-state index >= 15 is 0 Å². The standard InChI is InChI=1S/C13H15NO4.C13H13NO3.C9H5ClO3.C9H6O4.C4H11NO.2Cl2OS/c1-13(2,7-15)14-11(16)8-3-4-10-9(5-8)6-18-12(10)17;1-13(2)7-17-11(14-13)8-3-4-10-9(5-8)6-16-12(10)15;2*10-8(11)5-1-2-7-6(3-5)4-13-9(7)12;1-4(2,5)3-6;2*1-4(2)3/h3-5,15H,6-7H2,1-2H3,(H,14,16);3-5H,6-7H2,1-2H3;1-3H,4H2;1-3H,4H2,(H,10,11);6H,3,5H2,1-2H3;;. The van der Waals surface area contributed by atoms with Gasteiger partial charge in [0.25, 0.3) is 11.1 Å². The Labute approximate surface area is 458 Å². The Kier molecular flexibility index (Phi) is 24.3. The van der Waals surface area contributed by atoms with E-state index in [9.17, 15) is 33.6 Å². The minimum absolute atomic E-state index is 0.0486. The highest BCUT2D eigenvalue weighted by Gasteiger charge is 2.30. The third kappa shape index (κ3) is 20.8. The monoisotopic (exact) mass is 1180 g/mol. The number of aliphatic imine (C=N–C) groups is 1. The number of carbonyl (C=O) groups excluding carboxylic acids is 6. The molecule has 27 heteroatoms. The number of aliphatic hydroxyl groups is 2. The van der Waals surface area contributed by atoms with Crippen LogP contribution in [0, 0.1) is 0 Å². The number of aliphatic hydroxyl groups excluding tert-OH is 2. The number of benzene rings is 4. The van der Waals surface area contributed by atoms with E-state index < -0.39 is 40.7 Å². The SMILES string of the molecule is CC(C)(CO)NC(=O)c1ccc2c(c1)COC2=O.CC(C)(N)CO.CC1(C)COC(c2ccc3c(c2)COC3=O)=N1.O=C(Cl)c1ccc2c(c1)COC2=O.O=C(O)c1ccc2c(c1)COC2=O.O=S(Cl)Cl.O=S(Cl)Cl. The zero-order valence-corrected chi connectivity index (χ0v) is 46.1. The van der Waals surface area contributed by atoms with Crippen LogP contribution in [0.5, 0.6) is 0 Å². The number of halogens is 5. The van der Waals surface area contributed by atoms with Crippen molar-refractivity contribution in [2.75, 3.05) is 19.8 Å². The molecular formula is C48H50Cl5N3O17S2. The van der Waals surface area contributed by atoms with Gasteiger partial charge in [0, 0.05) is 87.2 Å². The minimum Gasteiger partial charge on any atom is -0.478 e. The van der Waals surface area contributed by atoms with E-state index in [4.69, 9.17) is 64.8 Å². The highest BCUT2D eigenvalue weighted by Crippen LogP contribution is 2.27. The quantitative estimate of drug-likeness (QED) is 0.0685. The molecule has 0 aromatic heterocycles. The lowest BCUT2D eigenvalue weighted by Gasteiger charge is -2.23. The number of amides is 1. The summed E-state index contributed by atoms with van der Waals surface area (Å²) in [5.41, 5.74) is 11.1. The molecule has 4 aromatic rings. The fraction of sp³-hybridized carbons (Fsp3) is 0.333. The van der Waals surface area contributed by atoms with Crippen LogP contribution in [-0.2, 0) is 68.6 Å². The Morgan fingerprint density at radius 3 is 1.32 bits per heavy atom. The average Bonchev–Trinajstić information content (AvgIpc) is 4.18. The van der Waals surface area contributed by atoms with Crippen LogP contribution in [0.25, 0.3) is 0 Å². The number of rotatable bonds is 7. The molecule has 0 spiro atoms. The number of carboxylic acid groups (broad SMARTS) is 1. The third-order valence-electron chi connectivity index (χ3n) is 9.94. The smallest absolute Gasteiger partial charge is 0.338 e. The number of nitrogens with one attached hydrogen (secondary N) is 1. The molecule has 4 aromatic carbocycles. The zero-order valence-electron chi connectivity index (χ0n) is 40.7. The molecule has 1 amide bonds. The zero-order chi connectivity index (χ0) is 56.6. The number of carboxylic acids is 1. The molecule has 5 heterocycles. The Morgan fingerprint density at radius 1 is 0.627 bits per heavy atom. The first kappa shape index (κ1) is 63.8. The van der Waals surface area contributed by atoms with Gasteiger partial charge in [-0.2, -0.15) is 0 Å². The van der Waals surface area contributed by atoms with Gasteiger partial charge in [0.05, 0.1) is 52.1 Å². The fourth-order valence-electron chi connectivity index (χ4n) is 6.21. The maximum Gasteiger partial charge on any atom is 0.338 e. The molecule has 0 saturated carbocycles. The fourth-order valence-corrected chi connectivity index (χ4v) is 6.33. The van der Waals surface area contributed by atoms with Crippen LogP contribution in [0.15, 0.2) is 77.8 Å². The van der Waals surface area contributed by atoms with E-state index in [1.54, 1.807) is 64.1 Å². The number of aromatic carboxylic acids is 1. The molecule has 9 rings (SSSR count). The van der Waals surface area contributed by atoms with Crippen molar-refractivity contribution in [2.24, 2.45) is 10.7 Å². The van der Waals surface area contributed by atoms with E-state index in [0.717, 1.165) is 22.3 Å². The number of hydrogen-bond acceptors (Lipinski definition) is 18. The molecule has 0 bridgehead atoms. The van der Waals surface area contributed by atoms with Gasteiger partial charge < -0.3 is 50.1 Å². The Morgan fingerprint density at radius 2 is 0.973 bits per heavy atom. The lowest BCUT2D eigenvalue weighted by molar-refractivity contribution is 0.0526. The molecule has 0 saturated heterocycles. The number of carbonyl (C=O) groups is 7. The maximum atomic E-state index is 12.0. The summed E-state index contributed by atoms with van der Waals surface area (Å²) in [7, 11) is 14.7. The second-order valence-corrected chi connectivity index (χ2v) is 23.3. The number of nitrogens with two attached hydrogens (primary N) is 1. The summed E-state index contributed by atoms with van der Waals surface area (Å²) in [6.45, 7) is 12.5. The number of esters is 4. The van der Waals surface area contributed by atoms with Crippen molar-refractivity contribution in [1.29, 1.82) is 0 Å². The van der Waals surface area contributed by atoms with Crippen LogP contribution in [0.4, 0.5) is 0 Å². The van der Waals surface area contributed by atoms with Gasteiger partial charge in [-0.25, -0.2) is 37.4 Å². The molecule has 75 heavy (non-hydrogen) atoms. The largest absolute Gasteiger partial charge is 0.478 e. The molecule has 20 nitrogen and oxygen atoms in total. The maximum absolute atomic E-state index is 12.0. The van der Waals surface area contributed by atoms with Gasteiger partial charge in [-0.3, -0.25) is 9.59 Å². The normalized spacial score (nSPS) is 14.7. The predicted octanol–water partition coefficient (Wildman–Crippen LogP) is 7.36. The molecule has 0 unspecified atom stereocenters. The van der Waals surface area contributed by atoms with Crippen LogP contribution in [-0.4, -0.2) is 107 Å². The van der Waals surface area contributed by atoms with E-state index in [-0.39, 0.29) is 73.9 Å². The molecule has 0 aliphatic carbocycles. The summed E-state index contributed by atoms with van der Waals surface area (Å²) in [4.78, 5) is 82.3.